The molecular weight excluding hydrogens is 330 g/mol. The smallest absolute Gasteiger partial charge is 0.254 e. The Morgan fingerprint density at radius 1 is 1.25 bits per heavy atom. The number of nitrogens with zero attached hydrogens (tertiary/aromatic N) is 2. The number of aromatic nitrogens is 1. The van der Waals surface area contributed by atoms with Crippen molar-refractivity contribution in [2.75, 3.05) is 14.1 Å². The van der Waals surface area contributed by atoms with Gasteiger partial charge in [-0.2, -0.15) is 0 Å². The lowest BCUT2D eigenvalue weighted by Crippen LogP contribution is -2.27. The Balaban J connectivity index is 2.35. The first kappa shape index (κ1) is 18.2. The van der Waals surface area contributed by atoms with Gasteiger partial charge in [-0.25, -0.2) is 13.1 Å². The van der Waals surface area contributed by atoms with E-state index < -0.39 is 10.0 Å². The molecule has 1 N–H and O–H groups in total. The van der Waals surface area contributed by atoms with Gasteiger partial charge in [-0.15, -0.1) is 0 Å². The van der Waals surface area contributed by atoms with Gasteiger partial charge in [0.1, 0.15) is 11.5 Å². The first-order valence-electron chi connectivity index (χ1n) is 7.38. The summed E-state index contributed by atoms with van der Waals surface area (Å²) in [7, 11) is -0.659. The van der Waals surface area contributed by atoms with Crippen molar-refractivity contribution in [2.45, 2.75) is 32.2 Å². The molecule has 7 nitrogen and oxygen atoms in total. The monoisotopic (exact) mass is 351 g/mol. The molecule has 0 radical (unpaired) electrons. The van der Waals surface area contributed by atoms with E-state index in [1.807, 2.05) is 0 Å². The lowest BCUT2D eigenvalue weighted by atomic mass is 10.1. The largest absolute Gasteiger partial charge is 0.361 e. The van der Waals surface area contributed by atoms with Crippen LogP contribution in [-0.4, -0.2) is 38.5 Å². The fraction of sp³-hybridized carbons (Fsp3) is 0.375. The van der Waals surface area contributed by atoms with Gasteiger partial charge in [0.25, 0.3) is 5.91 Å². The van der Waals surface area contributed by atoms with Crippen molar-refractivity contribution in [3.05, 3.63) is 46.3 Å². The van der Waals surface area contributed by atoms with Gasteiger partial charge in [0.15, 0.2) is 0 Å². The molecule has 0 bridgehead atoms. The number of hydrogen-bond acceptors (Lipinski definition) is 5. The number of rotatable bonds is 5. The molecule has 1 aromatic carbocycles. The van der Waals surface area contributed by atoms with Crippen molar-refractivity contribution >= 4 is 15.9 Å². The van der Waals surface area contributed by atoms with Crippen molar-refractivity contribution in [3.63, 3.8) is 0 Å². The van der Waals surface area contributed by atoms with Crippen molar-refractivity contribution in [1.82, 2.24) is 14.8 Å². The van der Waals surface area contributed by atoms with Crippen LogP contribution in [0, 0.1) is 20.8 Å². The van der Waals surface area contributed by atoms with E-state index in [-0.39, 0.29) is 17.3 Å². The van der Waals surface area contributed by atoms with Crippen LogP contribution >= 0.6 is 0 Å². The summed E-state index contributed by atoms with van der Waals surface area (Å²) in [5, 5.41) is 3.86. The summed E-state index contributed by atoms with van der Waals surface area (Å²) < 4.78 is 31.6. The third-order valence-electron chi connectivity index (χ3n) is 3.85. The minimum atomic E-state index is -3.64. The number of benzene rings is 1. The first-order valence-corrected chi connectivity index (χ1v) is 8.86. The zero-order valence-corrected chi connectivity index (χ0v) is 15.2. The maximum atomic E-state index is 12.6. The Bertz CT molecular complexity index is 871. The Morgan fingerprint density at radius 2 is 1.92 bits per heavy atom. The highest BCUT2D eigenvalue weighted by atomic mass is 32.2. The van der Waals surface area contributed by atoms with Crippen molar-refractivity contribution in [1.29, 1.82) is 0 Å². The van der Waals surface area contributed by atoms with Gasteiger partial charge >= 0.3 is 0 Å². The molecule has 0 saturated heterocycles. The SMILES string of the molecule is CNS(=O)(=O)c1cc(C(=O)N(C)Cc2cc(C)on2)cc(C)c1C. The fourth-order valence-electron chi connectivity index (χ4n) is 2.37. The molecule has 0 aliphatic rings. The van der Waals surface area contributed by atoms with Gasteiger partial charge in [0.05, 0.1) is 11.4 Å². The van der Waals surface area contributed by atoms with Crippen molar-refractivity contribution in [2.24, 2.45) is 0 Å². The number of aryl methyl sites for hydroxylation is 2. The average molecular weight is 351 g/mol. The number of carbonyl (C=O) groups is 1. The van der Waals surface area contributed by atoms with Crippen LogP contribution in [0.4, 0.5) is 0 Å². The van der Waals surface area contributed by atoms with Crippen LogP contribution in [0.3, 0.4) is 0 Å². The van der Waals surface area contributed by atoms with Gasteiger partial charge in [-0.1, -0.05) is 5.16 Å². The summed E-state index contributed by atoms with van der Waals surface area (Å²) in [4.78, 5) is 14.2. The molecule has 0 aliphatic carbocycles. The van der Waals surface area contributed by atoms with Crippen LogP contribution in [0.2, 0.25) is 0 Å². The van der Waals surface area contributed by atoms with E-state index in [0.29, 0.717) is 22.6 Å². The molecule has 130 valence electrons. The lowest BCUT2D eigenvalue weighted by Gasteiger charge is -2.18. The quantitative estimate of drug-likeness (QED) is 0.886. The summed E-state index contributed by atoms with van der Waals surface area (Å²) in [6.45, 7) is 5.55. The highest BCUT2D eigenvalue weighted by Gasteiger charge is 2.21. The van der Waals surface area contributed by atoms with Gasteiger partial charge in [0.2, 0.25) is 10.0 Å². The van der Waals surface area contributed by atoms with Crippen LogP contribution in [0.15, 0.2) is 27.6 Å². The Labute approximate surface area is 141 Å². The van der Waals surface area contributed by atoms with E-state index in [2.05, 4.69) is 9.88 Å². The summed E-state index contributed by atoms with van der Waals surface area (Å²) >= 11 is 0. The molecule has 0 spiro atoms. The first-order chi connectivity index (χ1) is 11.2. The van der Waals surface area contributed by atoms with Crippen LogP contribution in [0.25, 0.3) is 0 Å². The molecule has 2 rings (SSSR count). The van der Waals surface area contributed by atoms with E-state index in [1.165, 1.54) is 18.0 Å². The zero-order chi connectivity index (χ0) is 18.1. The van der Waals surface area contributed by atoms with Crippen molar-refractivity contribution in [3.8, 4) is 0 Å². The highest BCUT2D eigenvalue weighted by Crippen LogP contribution is 2.22. The predicted octanol–water partition coefficient (Wildman–Crippen LogP) is 1.78. The van der Waals surface area contributed by atoms with E-state index in [4.69, 9.17) is 4.52 Å². The predicted molar refractivity (Wildman–Crippen MR) is 89.2 cm³/mol. The highest BCUT2D eigenvalue weighted by molar-refractivity contribution is 7.89. The Kier molecular flexibility index (Phi) is 5.10. The number of nitrogens with one attached hydrogen (secondary N) is 1. The van der Waals surface area contributed by atoms with Crippen LogP contribution in [-0.2, 0) is 16.6 Å². The van der Waals surface area contributed by atoms with E-state index in [0.717, 1.165) is 5.56 Å². The summed E-state index contributed by atoms with van der Waals surface area (Å²) in [5.41, 5.74) is 2.31. The third kappa shape index (κ3) is 3.65. The number of hydrogen-bond donors (Lipinski definition) is 1. The fourth-order valence-corrected chi connectivity index (χ4v) is 3.43. The Hall–Kier alpha value is -2.19. The second-order valence-electron chi connectivity index (χ2n) is 5.71. The zero-order valence-electron chi connectivity index (χ0n) is 14.4. The molecular formula is C16H21N3O4S. The van der Waals surface area contributed by atoms with Crippen LogP contribution in [0.5, 0.6) is 0 Å². The molecule has 24 heavy (non-hydrogen) atoms. The average Bonchev–Trinajstić information content (AvgIpc) is 2.93. The summed E-state index contributed by atoms with van der Waals surface area (Å²) in [6.07, 6.45) is 0. The molecule has 2 aromatic rings. The molecule has 8 heteroatoms. The maximum Gasteiger partial charge on any atom is 0.254 e. The van der Waals surface area contributed by atoms with E-state index >= 15 is 0 Å². The minimum absolute atomic E-state index is 0.110. The minimum Gasteiger partial charge on any atom is -0.361 e. The van der Waals surface area contributed by atoms with Gasteiger partial charge < -0.3 is 9.42 Å². The Morgan fingerprint density at radius 3 is 2.46 bits per heavy atom. The van der Waals surface area contributed by atoms with Crippen LogP contribution < -0.4 is 4.72 Å². The molecule has 0 unspecified atom stereocenters. The topological polar surface area (TPSA) is 92.5 Å². The van der Waals surface area contributed by atoms with Crippen molar-refractivity contribution < 1.29 is 17.7 Å². The van der Waals surface area contributed by atoms with Gasteiger partial charge in [0, 0.05) is 18.7 Å². The molecule has 0 atom stereocenters. The lowest BCUT2D eigenvalue weighted by molar-refractivity contribution is 0.0782. The normalized spacial score (nSPS) is 11.5. The molecule has 1 amide bonds. The maximum absolute atomic E-state index is 12.6. The number of amides is 1. The molecule has 1 heterocycles. The molecule has 0 aliphatic heterocycles. The standard InChI is InChI=1S/C16H21N3O4S/c1-10-6-13(8-15(12(10)3)24(21,22)17-4)16(20)19(5)9-14-7-11(2)23-18-14/h6-8,17H,9H2,1-5H3. The molecule has 0 fully saturated rings. The second-order valence-corrected chi connectivity index (χ2v) is 7.57. The third-order valence-corrected chi connectivity index (χ3v) is 5.39. The van der Waals surface area contributed by atoms with Crippen LogP contribution in [0.1, 0.15) is 32.9 Å². The summed E-state index contributed by atoms with van der Waals surface area (Å²) in [6, 6.07) is 4.85. The number of sulfonamides is 1. The van der Waals surface area contributed by atoms with E-state index in [1.54, 1.807) is 40.0 Å². The van der Waals surface area contributed by atoms with Gasteiger partial charge in [-0.05, 0) is 51.1 Å². The van der Waals surface area contributed by atoms with E-state index in [9.17, 15) is 13.2 Å². The molecule has 0 saturated carbocycles. The summed E-state index contributed by atoms with van der Waals surface area (Å²) in [5.74, 6) is 0.380. The van der Waals surface area contributed by atoms with Gasteiger partial charge in [-0.3, -0.25) is 4.79 Å². The molecule has 1 aromatic heterocycles. The number of carbonyl (C=O) groups excluding carboxylic acids is 1. The second kappa shape index (κ2) is 6.74.